The van der Waals surface area contributed by atoms with Gasteiger partial charge in [0, 0.05) is 37.1 Å². The molecule has 3 heterocycles. The van der Waals surface area contributed by atoms with Crippen LogP contribution in [0.3, 0.4) is 0 Å². The molecular formula is C20H34N6O. The van der Waals surface area contributed by atoms with E-state index in [1.807, 2.05) is 19.9 Å². The fraction of sp³-hybridized carbons (Fsp3) is 0.750. The zero-order valence-electron chi connectivity index (χ0n) is 17.3. The van der Waals surface area contributed by atoms with Gasteiger partial charge in [0.1, 0.15) is 6.04 Å². The topological polar surface area (TPSA) is 82.2 Å². The summed E-state index contributed by atoms with van der Waals surface area (Å²) in [5.41, 5.74) is 8.59. The normalized spacial score (nSPS) is 24.3. The first-order chi connectivity index (χ1) is 12.7. The molecule has 2 aliphatic heterocycles. The summed E-state index contributed by atoms with van der Waals surface area (Å²) in [6.07, 6.45) is 2.94. The first-order valence-corrected chi connectivity index (χ1v) is 10.1. The average Bonchev–Trinajstić information content (AvgIpc) is 3.10. The molecule has 0 radical (unpaired) electrons. The van der Waals surface area contributed by atoms with Gasteiger partial charge in [-0.05, 0) is 50.5 Å². The molecule has 3 N–H and O–H groups in total. The van der Waals surface area contributed by atoms with Crippen LogP contribution in [0.15, 0.2) is 6.07 Å². The van der Waals surface area contributed by atoms with Crippen molar-refractivity contribution >= 4 is 11.9 Å². The zero-order valence-corrected chi connectivity index (χ0v) is 17.3. The van der Waals surface area contributed by atoms with Gasteiger partial charge in [0.05, 0.1) is 0 Å². The van der Waals surface area contributed by atoms with Crippen LogP contribution in [0.25, 0.3) is 0 Å². The quantitative estimate of drug-likeness (QED) is 0.744. The van der Waals surface area contributed by atoms with Crippen LogP contribution in [-0.4, -0.2) is 47.6 Å². The van der Waals surface area contributed by atoms with Gasteiger partial charge in [-0.25, -0.2) is 15.4 Å². The first-order valence-electron chi connectivity index (χ1n) is 10.1. The zero-order chi connectivity index (χ0) is 19.6. The summed E-state index contributed by atoms with van der Waals surface area (Å²) in [6, 6.07) is 2.18. The Morgan fingerprint density at radius 2 is 1.81 bits per heavy atom. The van der Waals surface area contributed by atoms with Gasteiger partial charge in [0.25, 0.3) is 0 Å². The predicted molar refractivity (Wildman–Crippen MR) is 107 cm³/mol. The van der Waals surface area contributed by atoms with Crippen LogP contribution < -0.4 is 21.1 Å². The van der Waals surface area contributed by atoms with E-state index in [1.54, 1.807) is 0 Å². The molecular weight excluding hydrogens is 340 g/mol. The van der Waals surface area contributed by atoms with Crippen molar-refractivity contribution < 1.29 is 4.79 Å². The number of anilines is 1. The second kappa shape index (κ2) is 8.10. The summed E-state index contributed by atoms with van der Waals surface area (Å²) in [5.74, 6) is 1.46. The van der Waals surface area contributed by atoms with Crippen LogP contribution >= 0.6 is 0 Å². The maximum Gasteiger partial charge on any atom is 0.238 e. The monoisotopic (exact) mass is 374 g/mol. The number of amides is 1. The SMILES string of the molecule is Cc1cc(C)nc(N2CCC(CNC(=O)C3CC(C(C)(C)C)NN3)CC2)n1. The second-order valence-electron chi connectivity index (χ2n) is 9.12. The van der Waals surface area contributed by atoms with Gasteiger partial charge in [-0.1, -0.05) is 20.8 Å². The lowest BCUT2D eigenvalue weighted by atomic mass is 9.84. The number of nitrogens with one attached hydrogen (secondary N) is 3. The van der Waals surface area contributed by atoms with Gasteiger partial charge >= 0.3 is 0 Å². The molecule has 2 atom stereocenters. The number of hydrazine groups is 1. The Morgan fingerprint density at radius 1 is 1.19 bits per heavy atom. The molecule has 2 fully saturated rings. The van der Waals surface area contributed by atoms with Crippen LogP contribution in [0.5, 0.6) is 0 Å². The molecule has 7 heteroatoms. The Bertz CT molecular complexity index is 643. The van der Waals surface area contributed by atoms with E-state index in [-0.39, 0.29) is 17.4 Å². The lowest BCUT2D eigenvalue weighted by Gasteiger charge is -2.32. The lowest BCUT2D eigenvalue weighted by molar-refractivity contribution is -0.123. The molecule has 2 saturated heterocycles. The average molecular weight is 375 g/mol. The Labute approximate surface area is 162 Å². The number of hydrogen-bond acceptors (Lipinski definition) is 6. The van der Waals surface area contributed by atoms with Crippen molar-refractivity contribution in [3.8, 4) is 0 Å². The smallest absolute Gasteiger partial charge is 0.238 e. The van der Waals surface area contributed by atoms with E-state index in [4.69, 9.17) is 0 Å². The Morgan fingerprint density at radius 3 is 2.37 bits per heavy atom. The van der Waals surface area contributed by atoms with Gasteiger partial charge in [-0.15, -0.1) is 0 Å². The molecule has 1 aromatic heterocycles. The van der Waals surface area contributed by atoms with Crippen molar-refractivity contribution in [1.82, 2.24) is 26.1 Å². The van der Waals surface area contributed by atoms with E-state index in [2.05, 4.69) is 51.8 Å². The van der Waals surface area contributed by atoms with Crippen molar-refractivity contribution in [2.75, 3.05) is 24.5 Å². The van der Waals surface area contributed by atoms with E-state index < -0.39 is 0 Å². The van der Waals surface area contributed by atoms with Gasteiger partial charge in [-0.2, -0.15) is 0 Å². The molecule has 150 valence electrons. The number of piperidine rings is 1. The summed E-state index contributed by atoms with van der Waals surface area (Å²) in [4.78, 5) is 23.9. The summed E-state index contributed by atoms with van der Waals surface area (Å²) in [7, 11) is 0. The fourth-order valence-corrected chi connectivity index (χ4v) is 3.85. The number of nitrogens with zero attached hydrogens (tertiary/aromatic N) is 3. The standard InChI is InChI=1S/C20H34N6O/c1-13-10-14(2)23-19(22-13)26-8-6-15(7-9-26)12-21-18(27)16-11-17(25-24-16)20(3,4)5/h10,15-17,24-25H,6-9,11-12H2,1-5H3,(H,21,27). The predicted octanol–water partition coefficient (Wildman–Crippen LogP) is 1.71. The molecule has 1 amide bonds. The van der Waals surface area contributed by atoms with Gasteiger partial charge in [0.2, 0.25) is 11.9 Å². The third-order valence-corrected chi connectivity index (χ3v) is 5.70. The van der Waals surface area contributed by atoms with Crippen molar-refractivity contribution in [2.45, 2.75) is 66.0 Å². The van der Waals surface area contributed by atoms with Crippen LogP contribution in [0.4, 0.5) is 5.95 Å². The third-order valence-electron chi connectivity index (χ3n) is 5.70. The Kier molecular flexibility index (Phi) is 6.01. The fourth-order valence-electron chi connectivity index (χ4n) is 3.85. The van der Waals surface area contributed by atoms with Crippen molar-refractivity contribution in [2.24, 2.45) is 11.3 Å². The maximum absolute atomic E-state index is 12.5. The number of aromatic nitrogens is 2. The summed E-state index contributed by atoms with van der Waals surface area (Å²) < 4.78 is 0. The third kappa shape index (κ3) is 5.17. The molecule has 7 nitrogen and oxygen atoms in total. The van der Waals surface area contributed by atoms with E-state index in [0.717, 1.165) is 56.2 Å². The minimum atomic E-state index is -0.141. The number of rotatable bonds is 4. The molecule has 0 spiro atoms. The highest BCUT2D eigenvalue weighted by atomic mass is 16.2. The summed E-state index contributed by atoms with van der Waals surface area (Å²) in [6.45, 7) is 13.2. The Hall–Kier alpha value is -1.73. The van der Waals surface area contributed by atoms with Crippen LogP contribution in [0, 0.1) is 25.2 Å². The lowest BCUT2D eigenvalue weighted by Crippen LogP contribution is -2.46. The molecule has 3 rings (SSSR count). The maximum atomic E-state index is 12.5. The van der Waals surface area contributed by atoms with E-state index in [1.165, 1.54) is 0 Å². The van der Waals surface area contributed by atoms with Crippen molar-refractivity contribution in [1.29, 1.82) is 0 Å². The highest BCUT2D eigenvalue weighted by Gasteiger charge is 2.36. The van der Waals surface area contributed by atoms with Crippen molar-refractivity contribution in [3.05, 3.63) is 17.5 Å². The molecule has 1 aromatic rings. The highest BCUT2D eigenvalue weighted by molar-refractivity contribution is 5.82. The van der Waals surface area contributed by atoms with Gasteiger partial charge in [-0.3, -0.25) is 10.2 Å². The summed E-state index contributed by atoms with van der Waals surface area (Å²) in [5, 5.41) is 3.15. The summed E-state index contributed by atoms with van der Waals surface area (Å²) >= 11 is 0. The van der Waals surface area contributed by atoms with E-state index in [0.29, 0.717) is 12.0 Å². The molecule has 0 aliphatic carbocycles. The molecule has 27 heavy (non-hydrogen) atoms. The molecule has 0 saturated carbocycles. The van der Waals surface area contributed by atoms with Gasteiger partial charge in [0.15, 0.2) is 0 Å². The first kappa shape index (κ1) is 20.0. The number of carbonyl (C=O) groups is 1. The second-order valence-corrected chi connectivity index (χ2v) is 9.12. The van der Waals surface area contributed by atoms with Crippen LogP contribution in [0.2, 0.25) is 0 Å². The number of carbonyl (C=O) groups excluding carboxylic acids is 1. The van der Waals surface area contributed by atoms with Crippen molar-refractivity contribution in [3.63, 3.8) is 0 Å². The largest absolute Gasteiger partial charge is 0.354 e. The van der Waals surface area contributed by atoms with E-state index in [9.17, 15) is 4.79 Å². The van der Waals surface area contributed by atoms with Gasteiger partial charge < -0.3 is 10.2 Å². The molecule has 0 aromatic carbocycles. The minimum absolute atomic E-state index is 0.106. The van der Waals surface area contributed by atoms with Crippen LogP contribution in [-0.2, 0) is 4.79 Å². The number of aryl methyl sites for hydroxylation is 2. The van der Waals surface area contributed by atoms with Crippen LogP contribution in [0.1, 0.15) is 51.4 Å². The highest BCUT2D eigenvalue weighted by Crippen LogP contribution is 2.25. The minimum Gasteiger partial charge on any atom is -0.354 e. The Balaban J connectivity index is 1.43. The molecule has 2 aliphatic rings. The van der Waals surface area contributed by atoms with E-state index >= 15 is 0 Å². The molecule has 0 bridgehead atoms. The number of hydrogen-bond donors (Lipinski definition) is 3. The molecule has 2 unspecified atom stereocenters.